The predicted molar refractivity (Wildman–Crippen MR) is 83.4 cm³/mol. The number of rotatable bonds is 4. The molecule has 0 spiro atoms. The van der Waals surface area contributed by atoms with E-state index in [9.17, 15) is 4.79 Å². The fourth-order valence-corrected chi connectivity index (χ4v) is 3.64. The average Bonchev–Trinajstić information content (AvgIpc) is 2.87. The second-order valence-electron chi connectivity index (χ2n) is 5.18. The maximum Gasteiger partial charge on any atom is 0.257 e. The second-order valence-corrected chi connectivity index (χ2v) is 6.00. The van der Waals surface area contributed by atoms with Crippen LogP contribution in [0.25, 0.3) is 0 Å². The van der Waals surface area contributed by atoms with Crippen LogP contribution in [0.4, 0.5) is 0 Å². The van der Waals surface area contributed by atoms with Gasteiger partial charge in [0.25, 0.3) is 5.91 Å². The highest BCUT2D eigenvalue weighted by molar-refractivity contribution is 6.39. The molecular weight excluding hydrogens is 295 g/mol. The van der Waals surface area contributed by atoms with Crippen LogP contribution in [0, 0.1) is 5.92 Å². The van der Waals surface area contributed by atoms with E-state index < -0.39 is 0 Å². The fraction of sp³-hybridized carbons (Fsp3) is 0.533. The molecule has 1 aromatic rings. The number of amides is 1. The Balaban J connectivity index is 2.30. The molecule has 0 saturated heterocycles. The van der Waals surface area contributed by atoms with E-state index in [0.29, 0.717) is 34.6 Å². The SMILES string of the molecule is CCN(C(=O)c1c(Cl)cccc1Cl)C1CCCC1CN. The van der Waals surface area contributed by atoms with Crippen LogP contribution < -0.4 is 5.73 Å². The molecule has 3 nitrogen and oxygen atoms in total. The molecule has 1 aliphatic carbocycles. The highest BCUT2D eigenvalue weighted by Gasteiger charge is 2.34. The van der Waals surface area contributed by atoms with E-state index in [0.717, 1.165) is 19.3 Å². The van der Waals surface area contributed by atoms with Gasteiger partial charge in [0.1, 0.15) is 0 Å². The monoisotopic (exact) mass is 314 g/mol. The first-order chi connectivity index (χ1) is 9.60. The van der Waals surface area contributed by atoms with Gasteiger partial charge < -0.3 is 10.6 Å². The molecule has 1 aliphatic rings. The van der Waals surface area contributed by atoms with Gasteiger partial charge in [0.2, 0.25) is 0 Å². The van der Waals surface area contributed by atoms with Crippen molar-refractivity contribution >= 4 is 29.1 Å². The van der Waals surface area contributed by atoms with E-state index in [1.165, 1.54) is 0 Å². The third kappa shape index (κ3) is 2.95. The van der Waals surface area contributed by atoms with Crippen molar-refractivity contribution < 1.29 is 4.79 Å². The molecule has 2 unspecified atom stereocenters. The number of halogens is 2. The molecular formula is C15H20Cl2N2O. The predicted octanol–water partition coefficient (Wildman–Crippen LogP) is 3.58. The van der Waals surface area contributed by atoms with Crippen molar-refractivity contribution in [2.45, 2.75) is 32.2 Å². The molecule has 20 heavy (non-hydrogen) atoms. The molecule has 2 atom stereocenters. The van der Waals surface area contributed by atoms with Crippen LogP contribution in [-0.4, -0.2) is 29.9 Å². The zero-order valence-electron chi connectivity index (χ0n) is 11.6. The minimum Gasteiger partial charge on any atom is -0.336 e. The first kappa shape index (κ1) is 15.6. The number of nitrogens with two attached hydrogens (primary N) is 1. The molecule has 110 valence electrons. The van der Waals surface area contributed by atoms with Gasteiger partial charge in [0.15, 0.2) is 0 Å². The Morgan fingerprint density at radius 3 is 2.55 bits per heavy atom. The number of hydrogen-bond acceptors (Lipinski definition) is 2. The summed E-state index contributed by atoms with van der Waals surface area (Å²) in [5, 5.41) is 0.812. The van der Waals surface area contributed by atoms with Gasteiger partial charge in [-0.1, -0.05) is 35.7 Å². The summed E-state index contributed by atoms with van der Waals surface area (Å²) in [6.45, 7) is 3.24. The standard InChI is InChI=1S/C15H20Cl2N2O/c1-2-19(13-8-3-5-10(13)9-18)15(20)14-11(16)6-4-7-12(14)17/h4,6-7,10,13H,2-3,5,8-9,18H2,1H3. The highest BCUT2D eigenvalue weighted by Crippen LogP contribution is 2.32. The van der Waals surface area contributed by atoms with Crippen molar-refractivity contribution in [2.75, 3.05) is 13.1 Å². The van der Waals surface area contributed by atoms with Crippen molar-refractivity contribution in [3.05, 3.63) is 33.8 Å². The Morgan fingerprint density at radius 2 is 2.00 bits per heavy atom. The van der Waals surface area contributed by atoms with E-state index in [1.807, 2.05) is 11.8 Å². The van der Waals surface area contributed by atoms with Crippen molar-refractivity contribution in [3.8, 4) is 0 Å². The lowest BCUT2D eigenvalue weighted by atomic mass is 10.0. The highest BCUT2D eigenvalue weighted by atomic mass is 35.5. The Hall–Kier alpha value is -0.770. The lowest BCUT2D eigenvalue weighted by Crippen LogP contribution is -2.44. The number of carbonyl (C=O) groups is 1. The summed E-state index contributed by atoms with van der Waals surface area (Å²) in [7, 11) is 0. The Bertz CT molecular complexity index is 473. The van der Waals surface area contributed by atoms with Crippen LogP contribution >= 0.6 is 23.2 Å². The minimum atomic E-state index is -0.0894. The summed E-state index contributed by atoms with van der Waals surface area (Å²) in [6.07, 6.45) is 3.21. The lowest BCUT2D eigenvalue weighted by Gasteiger charge is -2.32. The molecule has 2 rings (SSSR count). The maximum atomic E-state index is 12.8. The first-order valence-corrected chi connectivity index (χ1v) is 7.80. The topological polar surface area (TPSA) is 46.3 Å². The summed E-state index contributed by atoms with van der Waals surface area (Å²) in [6, 6.07) is 5.34. The van der Waals surface area contributed by atoms with Crippen LogP contribution in [0.1, 0.15) is 36.5 Å². The van der Waals surface area contributed by atoms with Gasteiger partial charge in [-0.3, -0.25) is 4.79 Å². The summed E-state index contributed by atoms with van der Waals surface area (Å²) >= 11 is 12.3. The smallest absolute Gasteiger partial charge is 0.257 e. The number of hydrogen-bond donors (Lipinski definition) is 1. The van der Waals surface area contributed by atoms with E-state index >= 15 is 0 Å². The zero-order valence-corrected chi connectivity index (χ0v) is 13.1. The van der Waals surface area contributed by atoms with Gasteiger partial charge in [0.05, 0.1) is 15.6 Å². The molecule has 0 heterocycles. The molecule has 1 fully saturated rings. The summed E-state index contributed by atoms with van der Waals surface area (Å²) < 4.78 is 0. The molecule has 0 radical (unpaired) electrons. The van der Waals surface area contributed by atoms with E-state index in [4.69, 9.17) is 28.9 Å². The number of carbonyl (C=O) groups excluding carboxylic acids is 1. The summed E-state index contributed by atoms with van der Waals surface area (Å²) in [5.41, 5.74) is 6.23. The summed E-state index contributed by atoms with van der Waals surface area (Å²) in [5.74, 6) is 0.286. The number of nitrogens with zero attached hydrogens (tertiary/aromatic N) is 1. The molecule has 0 aromatic heterocycles. The fourth-order valence-electron chi connectivity index (χ4n) is 3.08. The third-order valence-corrected chi connectivity index (χ3v) is 4.73. The van der Waals surface area contributed by atoms with Gasteiger partial charge in [-0.25, -0.2) is 0 Å². The average molecular weight is 315 g/mol. The second kappa shape index (κ2) is 6.79. The van der Waals surface area contributed by atoms with Crippen LogP contribution in [0.5, 0.6) is 0 Å². The third-order valence-electron chi connectivity index (χ3n) is 4.10. The van der Waals surface area contributed by atoms with Gasteiger partial charge in [-0.05, 0) is 44.4 Å². The van der Waals surface area contributed by atoms with E-state index in [2.05, 4.69) is 0 Å². The summed E-state index contributed by atoms with van der Waals surface area (Å²) in [4.78, 5) is 14.7. The molecule has 5 heteroatoms. The molecule has 0 aliphatic heterocycles. The van der Waals surface area contributed by atoms with Gasteiger partial charge >= 0.3 is 0 Å². The van der Waals surface area contributed by atoms with Crippen molar-refractivity contribution in [2.24, 2.45) is 11.7 Å². The Morgan fingerprint density at radius 1 is 1.35 bits per heavy atom. The Kier molecular flexibility index (Phi) is 5.30. The largest absolute Gasteiger partial charge is 0.336 e. The van der Waals surface area contributed by atoms with Crippen LogP contribution in [0.15, 0.2) is 18.2 Å². The lowest BCUT2D eigenvalue weighted by molar-refractivity contribution is 0.0652. The van der Waals surface area contributed by atoms with Crippen LogP contribution in [0.2, 0.25) is 10.0 Å². The molecule has 1 saturated carbocycles. The molecule has 2 N–H and O–H groups in total. The minimum absolute atomic E-state index is 0.0894. The van der Waals surface area contributed by atoms with E-state index in [1.54, 1.807) is 18.2 Å². The molecule has 1 amide bonds. The number of benzene rings is 1. The Labute approximate surface area is 130 Å². The van der Waals surface area contributed by atoms with Gasteiger partial charge in [0, 0.05) is 12.6 Å². The van der Waals surface area contributed by atoms with Crippen LogP contribution in [-0.2, 0) is 0 Å². The van der Waals surface area contributed by atoms with Crippen molar-refractivity contribution in [1.29, 1.82) is 0 Å². The first-order valence-electron chi connectivity index (χ1n) is 7.05. The van der Waals surface area contributed by atoms with Crippen LogP contribution in [0.3, 0.4) is 0 Å². The van der Waals surface area contributed by atoms with Crippen molar-refractivity contribution in [1.82, 2.24) is 4.90 Å². The zero-order chi connectivity index (χ0) is 14.7. The normalized spacial score (nSPS) is 22.0. The van der Waals surface area contributed by atoms with Gasteiger partial charge in [-0.2, -0.15) is 0 Å². The molecule has 1 aromatic carbocycles. The maximum absolute atomic E-state index is 12.8. The van der Waals surface area contributed by atoms with Gasteiger partial charge in [-0.15, -0.1) is 0 Å². The molecule has 0 bridgehead atoms. The van der Waals surface area contributed by atoms with Crippen molar-refractivity contribution in [3.63, 3.8) is 0 Å². The van der Waals surface area contributed by atoms with E-state index in [-0.39, 0.29) is 11.9 Å². The quantitative estimate of drug-likeness (QED) is 0.923.